The number of hydrogen-bond acceptors (Lipinski definition) is 3. The molecule has 2 atom stereocenters. The number of hydrogen-bond donors (Lipinski definition) is 0. The van der Waals surface area contributed by atoms with Gasteiger partial charge in [0.2, 0.25) is 0 Å². The lowest BCUT2D eigenvalue weighted by Crippen LogP contribution is -2.18. The zero-order valence-electron chi connectivity index (χ0n) is 9.53. The summed E-state index contributed by atoms with van der Waals surface area (Å²) in [6.45, 7) is 4.16. The summed E-state index contributed by atoms with van der Waals surface area (Å²) in [4.78, 5) is 11.8. The van der Waals surface area contributed by atoms with Gasteiger partial charge in [-0.1, -0.05) is 26.7 Å². The maximum absolute atomic E-state index is 11.8. The van der Waals surface area contributed by atoms with E-state index < -0.39 is 9.84 Å². The van der Waals surface area contributed by atoms with Crippen LogP contribution in [0.15, 0.2) is 0 Å². The summed E-state index contributed by atoms with van der Waals surface area (Å²) < 4.78 is 22.4. The van der Waals surface area contributed by atoms with Crippen LogP contribution in [-0.4, -0.2) is 25.7 Å². The van der Waals surface area contributed by atoms with Gasteiger partial charge in [-0.2, -0.15) is 0 Å². The first-order valence-corrected chi connectivity index (χ1v) is 7.50. The molecule has 0 spiro atoms. The predicted octanol–water partition coefficient (Wildman–Crippen LogP) is 1.82. The molecule has 1 rings (SSSR count). The zero-order chi connectivity index (χ0) is 11.5. The van der Waals surface area contributed by atoms with Crippen LogP contribution in [0.3, 0.4) is 0 Å². The van der Waals surface area contributed by atoms with Crippen molar-refractivity contribution in [2.45, 2.75) is 39.5 Å². The van der Waals surface area contributed by atoms with Gasteiger partial charge >= 0.3 is 0 Å². The van der Waals surface area contributed by atoms with E-state index in [2.05, 4.69) is 13.8 Å². The summed E-state index contributed by atoms with van der Waals surface area (Å²) in [6, 6.07) is 0. The van der Waals surface area contributed by atoms with Crippen molar-refractivity contribution in [3.05, 3.63) is 0 Å². The fraction of sp³-hybridized carbons (Fsp3) is 0.909. The number of Topliss-reactive ketones (excluding diaryl/α,β-unsaturated/α-hetero) is 1. The Labute approximate surface area is 92.2 Å². The number of carbonyl (C=O) groups is 1. The van der Waals surface area contributed by atoms with Crippen molar-refractivity contribution in [3.63, 3.8) is 0 Å². The van der Waals surface area contributed by atoms with Gasteiger partial charge in [0.15, 0.2) is 9.84 Å². The Balaban J connectivity index is 2.42. The van der Waals surface area contributed by atoms with Crippen molar-refractivity contribution >= 4 is 15.6 Å². The fourth-order valence-corrected chi connectivity index (χ4v) is 3.93. The molecule has 0 amide bonds. The van der Waals surface area contributed by atoms with Crippen molar-refractivity contribution < 1.29 is 13.2 Å². The Morgan fingerprint density at radius 3 is 2.60 bits per heavy atom. The SMILES string of the molecule is CCCC(C)CC(=O)C1CCS(=O)(=O)C1. The summed E-state index contributed by atoms with van der Waals surface area (Å²) in [5, 5.41) is 0. The lowest BCUT2D eigenvalue weighted by atomic mass is 9.92. The van der Waals surface area contributed by atoms with Crippen LogP contribution in [0.1, 0.15) is 39.5 Å². The third-order valence-electron chi connectivity index (χ3n) is 3.02. The molecule has 0 saturated carbocycles. The van der Waals surface area contributed by atoms with Crippen molar-refractivity contribution in [1.82, 2.24) is 0 Å². The van der Waals surface area contributed by atoms with Gasteiger partial charge in [0, 0.05) is 12.3 Å². The molecule has 0 radical (unpaired) electrons. The van der Waals surface area contributed by atoms with Gasteiger partial charge in [-0.15, -0.1) is 0 Å². The molecule has 1 fully saturated rings. The Bertz CT molecular complexity index is 319. The third kappa shape index (κ3) is 3.93. The van der Waals surface area contributed by atoms with Crippen LogP contribution < -0.4 is 0 Å². The molecule has 0 bridgehead atoms. The Morgan fingerprint density at radius 2 is 2.13 bits per heavy atom. The molecule has 0 aliphatic carbocycles. The third-order valence-corrected chi connectivity index (χ3v) is 4.79. The second kappa shape index (κ2) is 5.10. The van der Waals surface area contributed by atoms with Gasteiger partial charge in [0.05, 0.1) is 11.5 Å². The largest absolute Gasteiger partial charge is 0.299 e. The summed E-state index contributed by atoms with van der Waals surface area (Å²) in [7, 11) is -2.91. The van der Waals surface area contributed by atoms with E-state index >= 15 is 0 Å². The van der Waals surface area contributed by atoms with E-state index in [1.807, 2.05) is 0 Å². The molecule has 0 aromatic rings. The van der Waals surface area contributed by atoms with E-state index in [0.29, 0.717) is 18.8 Å². The van der Waals surface area contributed by atoms with E-state index in [0.717, 1.165) is 12.8 Å². The van der Waals surface area contributed by atoms with E-state index in [1.165, 1.54) is 0 Å². The van der Waals surface area contributed by atoms with Gasteiger partial charge in [-0.25, -0.2) is 8.42 Å². The molecule has 3 nitrogen and oxygen atoms in total. The topological polar surface area (TPSA) is 51.2 Å². The van der Waals surface area contributed by atoms with E-state index in [4.69, 9.17) is 0 Å². The lowest BCUT2D eigenvalue weighted by Gasteiger charge is -2.11. The Hall–Kier alpha value is -0.380. The molecule has 1 saturated heterocycles. The second-order valence-electron chi connectivity index (χ2n) is 4.66. The van der Waals surface area contributed by atoms with Gasteiger partial charge < -0.3 is 0 Å². The minimum atomic E-state index is -2.91. The monoisotopic (exact) mass is 232 g/mol. The molecule has 1 aliphatic heterocycles. The highest BCUT2D eigenvalue weighted by Gasteiger charge is 2.32. The van der Waals surface area contributed by atoms with Crippen LogP contribution in [0.5, 0.6) is 0 Å². The van der Waals surface area contributed by atoms with E-state index in [1.54, 1.807) is 0 Å². The maximum Gasteiger partial charge on any atom is 0.151 e. The summed E-state index contributed by atoms with van der Waals surface area (Å²) in [6.07, 6.45) is 3.22. The van der Waals surface area contributed by atoms with Crippen LogP contribution >= 0.6 is 0 Å². The Kier molecular flexibility index (Phi) is 4.32. The van der Waals surface area contributed by atoms with Crippen molar-refractivity contribution in [2.75, 3.05) is 11.5 Å². The molecule has 0 aromatic carbocycles. The summed E-state index contributed by atoms with van der Waals surface area (Å²) >= 11 is 0. The minimum Gasteiger partial charge on any atom is -0.299 e. The highest BCUT2D eigenvalue weighted by molar-refractivity contribution is 7.91. The van der Waals surface area contributed by atoms with Crippen LogP contribution in [0.4, 0.5) is 0 Å². The number of carbonyl (C=O) groups excluding carboxylic acids is 1. The number of rotatable bonds is 5. The first-order valence-electron chi connectivity index (χ1n) is 5.67. The molecule has 1 aliphatic rings. The smallest absolute Gasteiger partial charge is 0.151 e. The van der Waals surface area contributed by atoms with Crippen LogP contribution in [0, 0.1) is 11.8 Å². The van der Waals surface area contributed by atoms with Crippen molar-refractivity contribution in [2.24, 2.45) is 11.8 Å². The van der Waals surface area contributed by atoms with E-state index in [9.17, 15) is 13.2 Å². The normalized spacial score (nSPS) is 26.4. The number of ketones is 1. The van der Waals surface area contributed by atoms with Gasteiger partial charge in [0.1, 0.15) is 5.78 Å². The first-order chi connectivity index (χ1) is 6.94. The molecule has 88 valence electrons. The standard InChI is InChI=1S/C11H20O3S/c1-3-4-9(2)7-11(12)10-5-6-15(13,14)8-10/h9-10H,3-8H2,1-2H3. The molecule has 15 heavy (non-hydrogen) atoms. The van der Waals surface area contributed by atoms with Crippen LogP contribution in [0.2, 0.25) is 0 Å². The van der Waals surface area contributed by atoms with Gasteiger partial charge in [0.25, 0.3) is 0 Å². The quantitative estimate of drug-likeness (QED) is 0.726. The lowest BCUT2D eigenvalue weighted by molar-refractivity contribution is -0.123. The molecule has 0 N–H and O–H groups in total. The molecule has 2 unspecified atom stereocenters. The summed E-state index contributed by atoms with van der Waals surface area (Å²) in [5.41, 5.74) is 0. The van der Waals surface area contributed by atoms with Crippen molar-refractivity contribution in [3.8, 4) is 0 Å². The van der Waals surface area contributed by atoms with Crippen LogP contribution in [0.25, 0.3) is 0 Å². The fourth-order valence-electron chi connectivity index (χ4n) is 2.15. The second-order valence-corrected chi connectivity index (χ2v) is 6.89. The van der Waals surface area contributed by atoms with Gasteiger partial charge in [-0.3, -0.25) is 4.79 Å². The van der Waals surface area contributed by atoms with Crippen LogP contribution in [-0.2, 0) is 14.6 Å². The van der Waals surface area contributed by atoms with Crippen molar-refractivity contribution in [1.29, 1.82) is 0 Å². The van der Waals surface area contributed by atoms with Gasteiger partial charge in [-0.05, 0) is 12.3 Å². The highest BCUT2D eigenvalue weighted by atomic mass is 32.2. The predicted molar refractivity (Wildman–Crippen MR) is 60.5 cm³/mol. The van der Waals surface area contributed by atoms with E-state index in [-0.39, 0.29) is 23.2 Å². The average Bonchev–Trinajstić information content (AvgIpc) is 2.46. The average molecular weight is 232 g/mol. The summed E-state index contributed by atoms with van der Waals surface area (Å²) in [5.74, 6) is 0.619. The first kappa shape index (κ1) is 12.7. The molecular formula is C11H20O3S. The number of sulfone groups is 1. The zero-order valence-corrected chi connectivity index (χ0v) is 10.3. The Morgan fingerprint density at radius 1 is 1.47 bits per heavy atom. The maximum atomic E-state index is 11.8. The minimum absolute atomic E-state index is 0.0880. The molecule has 4 heteroatoms. The molecule has 1 heterocycles. The molecular weight excluding hydrogens is 212 g/mol. The highest BCUT2D eigenvalue weighted by Crippen LogP contribution is 2.23. The molecule has 0 aromatic heterocycles.